The fraction of sp³-hybridized carbons (Fsp3) is 0.286. The van der Waals surface area contributed by atoms with Crippen molar-refractivity contribution in [3.63, 3.8) is 0 Å². The molecular formula is C21H20FN3O2S2. The highest BCUT2D eigenvalue weighted by Gasteiger charge is 2.26. The molecule has 0 fully saturated rings. The Labute approximate surface area is 175 Å². The molecule has 1 amide bonds. The summed E-state index contributed by atoms with van der Waals surface area (Å²) in [5, 5.41) is 0.517. The maximum absolute atomic E-state index is 13.2. The standard InChI is InChI=1S/C21H20FN3O2S2/c1-2-10-25-20(27)17-14-4-3-5-15(14)28-19(17)24-21(25)29-16(18(23)26)11-12-6-8-13(22)9-7-12/h2,6-9,16H,1,3-5,10-11H2,(H2,23,26). The van der Waals surface area contributed by atoms with Gasteiger partial charge in [-0.05, 0) is 48.9 Å². The molecule has 1 aliphatic rings. The molecule has 2 heterocycles. The van der Waals surface area contributed by atoms with Crippen molar-refractivity contribution in [3.8, 4) is 0 Å². The predicted octanol–water partition coefficient (Wildman–Crippen LogP) is 3.46. The minimum atomic E-state index is -0.632. The van der Waals surface area contributed by atoms with Crippen LogP contribution in [0.1, 0.15) is 22.4 Å². The lowest BCUT2D eigenvalue weighted by molar-refractivity contribution is -0.117. The average Bonchev–Trinajstić information content (AvgIpc) is 3.26. The number of halogens is 1. The van der Waals surface area contributed by atoms with E-state index in [1.807, 2.05) is 0 Å². The molecule has 5 nitrogen and oxygen atoms in total. The van der Waals surface area contributed by atoms with Gasteiger partial charge in [0.15, 0.2) is 5.16 Å². The smallest absolute Gasteiger partial charge is 0.263 e. The number of rotatable bonds is 7. The largest absolute Gasteiger partial charge is 0.369 e. The lowest BCUT2D eigenvalue weighted by atomic mass is 10.1. The molecule has 0 bridgehead atoms. The van der Waals surface area contributed by atoms with Crippen molar-refractivity contribution in [2.24, 2.45) is 5.73 Å². The molecule has 0 saturated heterocycles. The van der Waals surface area contributed by atoms with Crippen LogP contribution in [0.15, 0.2) is 46.9 Å². The molecule has 3 aromatic rings. The molecule has 0 saturated carbocycles. The number of hydrogen-bond donors (Lipinski definition) is 1. The molecule has 29 heavy (non-hydrogen) atoms. The molecule has 1 aliphatic carbocycles. The van der Waals surface area contributed by atoms with Gasteiger partial charge in [-0.1, -0.05) is 30.0 Å². The number of aryl methyl sites for hydroxylation is 2. The van der Waals surface area contributed by atoms with E-state index in [-0.39, 0.29) is 11.4 Å². The van der Waals surface area contributed by atoms with Crippen molar-refractivity contribution in [2.75, 3.05) is 0 Å². The Morgan fingerprint density at radius 2 is 2.14 bits per heavy atom. The lowest BCUT2D eigenvalue weighted by Gasteiger charge is -2.16. The van der Waals surface area contributed by atoms with Crippen LogP contribution < -0.4 is 11.3 Å². The number of benzene rings is 1. The van der Waals surface area contributed by atoms with Crippen molar-refractivity contribution in [2.45, 2.75) is 42.6 Å². The van der Waals surface area contributed by atoms with Crippen LogP contribution in [-0.4, -0.2) is 20.7 Å². The molecule has 8 heteroatoms. The summed E-state index contributed by atoms with van der Waals surface area (Å²) in [6.07, 6.45) is 4.92. The highest BCUT2D eigenvalue weighted by atomic mass is 32.2. The quantitative estimate of drug-likeness (QED) is 0.354. The Kier molecular flexibility index (Phi) is 5.56. The molecule has 150 valence electrons. The summed E-state index contributed by atoms with van der Waals surface area (Å²) in [5.41, 5.74) is 7.44. The highest BCUT2D eigenvalue weighted by molar-refractivity contribution is 8.00. The zero-order chi connectivity index (χ0) is 20.5. The van der Waals surface area contributed by atoms with E-state index >= 15 is 0 Å². The number of fused-ring (bicyclic) bond motifs is 3. The van der Waals surface area contributed by atoms with Gasteiger partial charge in [-0.3, -0.25) is 14.2 Å². The maximum atomic E-state index is 13.2. The molecule has 2 aromatic heterocycles. The van der Waals surface area contributed by atoms with E-state index in [4.69, 9.17) is 10.7 Å². The maximum Gasteiger partial charge on any atom is 0.263 e. The summed E-state index contributed by atoms with van der Waals surface area (Å²) in [6, 6.07) is 5.96. The van der Waals surface area contributed by atoms with Crippen molar-refractivity contribution in [1.82, 2.24) is 9.55 Å². The summed E-state index contributed by atoms with van der Waals surface area (Å²) < 4.78 is 14.7. The molecule has 4 rings (SSSR count). The van der Waals surface area contributed by atoms with Gasteiger partial charge in [0.1, 0.15) is 10.6 Å². The highest BCUT2D eigenvalue weighted by Crippen LogP contribution is 2.36. The Bertz CT molecular complexity index is 1150. The van der Waals surface area contributed by atoms with Crippen molar-refractivity contribution in [1.29, 1.82) is 0 Å². The second kappa shape index (κ2) is 8.12. The van der Waals surface area contributed by atoms with Crippen LogP contribution >= 0.6 is 23.1 Å². The average molecular weight is 430 g/mol. The minimum absolute atomic E-state index is 0.0956. The third kappa shape index (κ3) is 3.86. The second-order valence-corrected chi connectivity index (χ2v) is 9.23. The number of amides is 1. The normalized spacial score (nSPS) is 14.1. The summed E-state index contributed by atoms with van der Waals surface area (Å²) in [5.74, 6) is -0.845. The van der Waals surface area contributed by atoms with Crippen molar-refractivity contribution < 1.29 is 9.18 Å². The first-order valence-electron chi connectivity index (χ1n) is 9.34. The van der Waals surface area contributed by atoms with E-state index in [0.717, 1.165) is 30.4 Å². The Balaban J connectivity index is 1.73. The van der Waals surface area contributed by atoms with Crippen LogP contribution in [0.3, 0.4) is 0 Å². The van der Waals surface area contributed by atoms with Gasteiger partial charge in [-0.15, -0.1) is 17.9 Å². The number of carbonyl (C=O) groups is 1. The van der Waals surface area contributed by atoms with Crippen LogP contribution in [0.5, 0.6) is 0 Å². The van der Waals surface area contributed by atoms with E-state index in [9.17, 15) is 14.0 Å². The van der Waals surface area contributed by atoms with E-state index in [2.05, 4.69) is 6.58 Å². The number of nitrogens with zero attached hydrogens (tertiary/aromatic N) is 2. The number of thioether (sulfide) groups is 1. The Morgan fingerprint density at radius 3 is 2.83 bits per heavy atom. The fourth-order valence-electron chi connectivity index (χ4n) is 3.60. The summed E-state index contributed by atoms with van der Waals surface area (Å²) in [6.45, 7) is 4.05. The predicted molar refractivity (Wildman–Crippen MR) is 115 cm³/mol. The number of allylic oxidation sites excluding steroid dienone is 1. The lowest BCUT2D eigenvalue weighted by Crippen LogP contribution is -2.30. The summed E-state index contributed by atoms with van der Waals surface area (Å²) >= 11 is 2.74. The van der Waals surface area contributed by atoms with E-state index in [0.29, 0.717) is 28.3 Å². The van der Waals surface area contributed by atoms with Crippen molar-refractivity contribution in [3.05, 3.63) is 69.1 Å². The molecule has 0 radical (unpaired) electrons. The van der Waals surface area contributed by atoms with Gasteiger partial charge in [-0.25, -0.2) is 9.37 Å². The summed E-state index contributed by atoms with van der Waals surface area (Å²) in [4.78, 5) is 32.0. The van der Waals surface area contributed by atoms with Gasteiger partial charge < -0.3 is 5.73 Å². The molecule has 1 aromatic carbocycles. The van der Waals surface area contributed by atoms with Crippen LogP contribution in [0.2, 0.25) is 0 Å². The first-order valence-corrected chi connectivity index (χ1v) is 11.0. The third-order valence-corrected chi connectivity index (χ3v) is 7.39. The van der Waals surface area contributed by atoms with Gasteiger partial charge in [0.05, 0.1) is 10.6 Å². The van der Waals surface area contributed by atoms with Crippen LogP contribution in [-0.2, 0) is 30.6 Å². The van der Waals surface area contributed by atoms with Gasteiger partial charge in [0, 0.05) is 11.4 Å². The molecule has 1 unspecified atom stereocenters. The fourth-order valence-corrected chi connectivity index (χ4v) is 5.99. The Hall–Kier alpha value is -2.45. The zero-order valence-corrected chi connectivity index (χ0v) is 17.3. The molecule has 2 N–H and O–H groups in total. The number of hydrogen-bond acceptors (Lipinski definition) is 5. The topological polar surface area (TPSA) is 78.0 Å². The molecule has 0 spiro atoms. The van der Waals surface area contributed by atoms with E-state index in [1.54, 1.807) is 34.1 Å². The van der Waals surface area contributed by atoms with Crippen LogP contribution in [0.4, 0.5) is 4.39 Å². The molecule has 0 aliphatic heterocycles. The number of primary amides is 1. The van der Waals surface area contributed by atoms with Gasteiger partial charge >= 0.3 is 0 Å². The number of thiophene rings is 1. The monoisotopic (exact) mass is 429 g/mol. The first kappa shape index (κ1) is 19.8. The Morgan fingerprint density at radius 1 is 1.38 bits per heavy atom. The summed E-state index contributed by atoms with van der Waals surface area (Å²) in [7, 11) is 0. The zero-order valence-electron chi connectivity index (χ0n) is 15.7. The van der Waals surface area contributed by atoms with Crippen LogP contribution in [0.25, 0.3) is 10.2 Å². The van der Waals surface area contributed by atoms with E-state index < -0.39 is 11.2 Å². The first-order chi connectivity index (χ1) is 14.0. The number of carbonyl (C=O) groups excluding carboxylic acids is 1. The SMILES string of the molecule is C=CCn1c(SC(Cc2ccc(F)cc2)C(N)=O)nc2sc3c(c2c1=O)CCC3. The number of nitrogens with two attached hydrogens (primary N) is 1. The second-order valence-electron chi connectivity index (χ2n) is 6.98. The third-order valence-electron chi connectivity index (χ3n) is 5.00. The molecule has 1 atom stereocenters. The van der Waals surface area contributed by atoms with Gasteiger partial charge in [0.2, 0.25) is 5.91 Å². The van der Waals surface area contributed by atoms with Crippen molar-refractivity contribution >= 4 is 39.2 Å². The van der Waals surface area contributed by atoms with Crippen LogP contribution in [0, 0.1) is 5.82 Å². The van der Waals surface area contributed by atoms with Gasteiger partial charge in [0.25, 0.3) is 5.56 Å². The van der Waals surface area contributed by atoms with Gasteiger partial charge in [-0.2, -0.15) is 0 Å². The molecular weight excluding hydrogens is 409 g/mol. The minimum Gasteiger partial charge on any atom is -0.369 e. The van der Waals surface area contributed by atoms with E-state index in [1.165, 1.54) is 28.8 Å². The number of aromatic nitrogens is 2.